The monoisotopic (exact) mass is 225 g/mol. The average Bonchev–Trinajstić information content (AvgIpc) is 1.89. The molecule has 12 heavy (non-hydrogen) atoms. The van der Waals surface area contributed by atoms with Gasteiger partial charge in [0.25, 0.3) is 0 Å². The number of rotatable bonds is 2. The van der Waals surface area contributed by atoms with E-state index in [0.29, 0.717) is 0 Å². The molecule has 0 aliphatic heterocycles. The first-order valence-corrected chi connectivity index (χ1v) is 2.54. The summed E-state index contributed by atoms with van der Waals surface area (Å²) in [5, 5.41) is 18.4. The van der Waals surface area contributed by atoms with Gasteiger partial charge in [-0.2, -0.15) is 0 Å². The predicted molar refractivity (Wildman–Crippen MR) is 30.8 cm³/mol. The number of aliphatic carboxylic acids is 2. The molecule has 0 aromatic heterocycles. The van der Waals surface area contributed by atoms with Crippen LogP contribution < -0.4 is 10.2 Å². The zero-order valence-corrected chi connectivity index (χ0v) is 7.17. The third kappa shape index (κ3) is 22.9. The van der Waals surface area contributed by atoms with E-state index in [1.54, 1.807) is 0 Å². The van der Waals surface area contributed by atoms with Gasteiger partial charge in [0.2, 0.25) is 0 Å². The Morgan fingerprint density at radius 3 is 1.58 bits per heavy atom. The maximum Gasteiger partial charge on any atom is 1.00 e. The summed E-state index contributed by atoms with van der Waals surface area (Å²) in [7, 11) is 0. The number of halogens is 1. The van der Waals surface area contributed by atoms with E-state index in [2.05, 4.69) is 6.58 Å². The molecule has 0 aliphatic carbocycles. The molecule has 6 heteroatoms. The van der Waals surface area contributed by atoms with Crippen LogP contribution in [-0.4, -0.2) is 18.6 Å². The van der Waals surface area contributed by atoms with Crippen molar-refractivity contribution >= 4 is 11.9 Å². The Morgan fingerprint density at radius 1 is 1.42 bits per heavy atom. The van der Waals surface area contributed by atoms with Crippen molar-refractivity contribution in [3.63, 3.8) is 0 Å². The third-order valence-electron chi connectivity index (χ3n) is 0.458. The maximum atomic E-state index is 10.5. The number of hydrogen-bond acceptors (Lipinski definition) is 4. The fraction of sp³-hybridized carbons (Fsp3) is 0.333. The number of hydrogen-bond donors (Lipinski definition) is 0. The minimum absolute atomic E-state index is 0. The van der Waals surface area contributed by atoms with Crippen molar-refractivity contribution in [3.8, 4) is 0 Å². The second kappa shape index (κ2) is 10.1. The SMILES string of the molecule is C=C(C)C(=O)[O-].O=C([O-])CF.[Cu+]. The molecule has 0 heterocycles. The van der Waals surface area contributed by atoms with Crippen molar-refractivity contribution in [3.05, 3.63) is 12.2 Å². The normalized spacial score (nSPS) is 6.83. The topological polar surface area (TPSA) is 80.3 Å². The van der Waals surface area contributed by atoms with Gasteiger partial charge in [-0.15, -0.1) is 0 Å². The van der Waals surface area contributed by atoms with Crippen molar-refractivity contribution in [2.45, 2.75) is 6.92 Å². The van der Waals surface area contributed by atoms with E-state index in [0.717, 1.165) is 0 Å². The van der Waals surface area contributed by atoms with Gasteiger partial charge in [-0.25, -0.2) is 4.39 Å². The van der Waals surface area contributed by atoms with Gasteiger partial charge < -0.3 is 19.8 Å². The Balaban J connectivity index is -0.000000126. The van der Waals surface area contributed by atoms with E-state index < -0.39 is 18.6 Å². The summed E-state index contributed by atoms with van der Waals surface area (Å²) in [6.07, 6.45) is 0. The van der Waals surface area contributed by atoms with E-state index >= 15 is 0 Å². The first-order valence-electron chi connectivity index (χ1n) is 2.54. The van der Waals surface area contributed by atoms with Gasteiger partial charge in [0.15, 0.2) is 0 Å². The van der Waals surface area contributed by atoms with Crippen molar-refractivity contribution in [1.29, 1.82) is 0 Å². The third-order valence-corrected chi connectivity index (χ3v) is 0.458. The number of alkyl halides is 1. The standard InChI is InChI=1S/C4H6O2.C2H3FO2.Cu/c1-3(2)4(5)6;3-1-2(4)5;/h1H2,2H3,(H,5,6);1H2,(H,4,5);/q;;+1/p-2. The Labute approximate surface area is 79.6 Å². The van der Waals surface area contributed by atoms with Gasteiger partial charge >= 0.3 is 17.1 Å². The molecule has 0 saturated carbocycles. The molecule has 0 rings (SSSR count). The molecule has 0 amide bonds. The zero-order valence-electron chi connectivity index (χ0n) is 6.23. The molecule has 0 aromatic carbocycles. The Morgan fingerprint density at radius 2 is 1.58 bits per heavy atom. The van der Waals surface area contributed by atoms with Crippen molar-refractivity contribution in [1.82, 2.24) is 0 Å². The summed E-state index contributed by atoms with van der Waals surface area (Å²) >= 11 is 0. The van der Waals surface area contributed by atoms with E-state index in [4.69, 9.17) is 9.90 Å². The average molecular weight is 226 g/mol. The molecule has 0 saturated heterocycles. The van der Waals surface area contributed by atoms with Crippen molar-refractivity contribution < 1.29 is 41.3 Å². The smallest absolute Gasteiger partial charge is 0.547 e. The first-order chi connectivity index (χ1) is 4.91. The molecular formula is C6H7CuFO4-. The molecule has 0 bridgehead atoms. The molecule has 0 fully saturated rings. The summed E-state index contributed by atoms with van der Waals surface area (Å²) in [6, 6.07) is 0. The number of carbonyl (C=O) groups excluding carboxylic acids is 2. The Bertz CT molecular complexity index is 157. The molecule has 0 atom stereocenters. The molecule has 0 radical (unpaired) electrons. The molecular weight excluding hydrogens is 219 g/mol. The van der Waals surface area contributed by atoms with Gasteiger partial charge in [0, 0.05) is 0 Å². The number of carboxylic acids is 2. The van der Waals surface area contributed by atoms with Crippen LogP contribution in [0.3, 0.4) is 0 Å². The van der Waals surface area contributed by atoms with Crippen molar-refractivity contribution in [2.24, 2.45) is 0 Å². The quantitative estimate of drug-likeness (QED) is 0.403. The van der Waals surface area contributed by atoms with Crippen LogP contribution in [0.15, 0.2) is 12.2 Å². The minimum atomic E-state index is -1.66. The Hall–Kier alpha value is -0.871. The minimum Gasteiger partial charge on any atom is -0.547 e. The maximum absolute atomic E-state index is 10.5. The van der Waals surface area contributed by atoms with Gasteiger partial charge in [-0.1, -0.05) is 6.58 Å². The van der Waals surface area contributed by atoms with Crippen LogP contribution in [0.1, 0.15) is 6.92 Å². The van der Waals surface area contributed by atoms with Crippen molar-refractivity contribution in [2.75, 3.05) is 6.67 Å². The van der Waals surface area contributed by atoms with Crippen LogP contribution in [0.2, 0.25) is 0 Å². The molecule has 0 aromatic rings. The summed E-state index contributed by atoms with van der Waals surface area (Å²) in [5.74, 6) is -2.85. The largest absolute Gasteiger partial charge is 1.00 e. The van der Waals surface area contributed by atoms with Crippen LogP contribution in [-0.2, 0) is 26.7 Å². The van der Waals surface area contributed by atoms with Crippen LogP contribution in [0.4, 0.5) is 4.39 Å². The van der Waals surface area contributed by atoms with E-state index in [9.17, 15) is 14.3 Å². The fourth-order valence-electron chi connectivity index (χ4n) is 0. The zero-order chi connectivity index (χ0) is 9.44. The predicted octanol–water partition coefficient (Wildman–Crippen LogP) is -1.98. The summed E-state index contributed by atoms with van der Waals surface area (Å²) in [4.78, 5) is 18.4. The van der Waals surface area contributed by atoms with E-state index in [-0.39, 0.29) is 22.6 Å². The number of carbonyl (C=O) groups is 2. The van der Waals surface area contributed by atoms with Gasteiger partial charge in [0.1, 0.15) is 6.67 Å². The van der Waals surface area contributed by atoms with Crippen LogP contribution >= 0.6 is 0 Å². The molecule has 0 N–H and O–H groups in total. The fourth-order valence-corrected chi connectivity index (χ4v) is 0. The second-order valence-electron chi connectivity index (χ2n) is 1.57. The van der Waals surface area contributed by atoms with Gasteiger partial charge in [-0.3, -0.25) is 0 Å². The van der Waals surface area contributed by atoms with Crippen LogP contribution in [0.25, 0.3) is 0 Å². The van der Waals surface area contributed by atoms with Crippen LogP contribution in [0.5, 0.6) is 0 Å². The summed E-state index contributed by atoms with van der Waals surface area (Å²) < 4.78 is 10.5. The van der Waals surface area contributed by atoms with E-state index in [1.807, 2.05) is 0 Å². The van der Waals surface area contributed by atoms with Crippen LogP contribution in [0, 0.1) is 0 Å². The van der Waals surface area contributed by atoms with Gasteiger partial charge in [-0.05, 0) is 12.5 Å². The first kappa shape index (κ1) is 17.3. The molecule has 0 aliphatic rings. The Kier molecular flexibility index (Phi) is 14.6. The summed E-state index contributed by atoms with van der Waals surface area (Å²) in [6.45, 7) is 3.09. The molecule has 4 nitrogen and oxygen atoms in total. The summed E-state index contributed by atoms with van der Waals surface area (Å²) in [5.41, 5.74) is 0.0648. The molecule has 0 spiro atoms. The second-order valence-corrected chi connectivity index (χ2v) is 1.57. The number of carboxylic acid groups (broad SMARTS) is 2. The van der Waals surface area contributed by atoms with Gasteiger partial charge in [0.05, 0.1) is 11.9 Å². The van der Waals surface area contributed by atoms with E-state index in [1.165, 1.54) is 6.92 Å². The molecule has 74 valence electrons. The molecule has 0 unspecified atom stereocenters.